The first-order chi connectivity index (χ1) is 18.2. The van der Waals surface area contributed by atoms with Gasteiger partial charge in [0, 0.05) is 49.9 Å². The van der Waals surface area contributed by atoms with E-state index in [0.717, 1.165) is 16.6 Å². The summed E-state index contributed by atoms with van der Waals surface area (Å²) in [5, 5.41) is 3.53. The van der Waals surface area contributed by atoms with Crippen molar-refractivity contribution in [3.8, 4) is 0 Å². The molecule has 4 nitrogen and oxygen atoms in total. The number of aryl methyl sites for hydroxylation is 2. The van der Waals surface area contributed by atoms with Gasteiger partial charge in [0.25, 0.3) is 0 Å². The third kappa shape index (κ3) is 4.81. The standard InChI is InChI=1S/C17H16BN2.C15H9N2.Ir/c1-14-6-5-7-15(2)17(14)20-12-9-18(10-13-20)16-8-3-4-11-19-16;1-2-7-13-11(5-1)12-6-3-4-8-14(12)17-10-9-16-15(13)17;/h3-9,11-13H,1-2H3;1-6,8-10H;/q2*-1;. The van der Waals surface area contributed by atoms with Gasteiger partial charge in [-0.25, -0.2) is 0 Å². The molecule has 0 saturated heterocycles. The van der Waals surface area contributed by atoms with Gasteiger partial charge in [-0.05, 0) is 54.3 Å². The van der Waals surface area contributed by atoms with Crippen molar-refractivity contribution in [3.63, 3.8) is 0 Å². The molecule has 0 aliphatic carbocycles. The van der Waals surface area contributed by atoms with Crippen LogP contribution in [0.2, 0.25) is 0 Å². The van der Waals surface area contributed by atoms with Gasteiger partial charge in [-0.1, -0.05) is 53.9 Å². The maximum atomic E-state index is 4.43. The first-order valence-corrected chi connectivity index (χ1v) is 12.4. The summed E-state index contributed by atoms with van der Waals surface area (Å²) in [5.74, 6) is 5.52. The molecule has 0 unspecified atom stereocenters. The molecule has 0 fully saturated rings. The van der Waals surface area contributed by atoms with Crippen LogP contribution in [0, 0.1) is 25.9 Å². The largest absolute Gasteiger partial charge is 0.494 e. The van der Waals surface area contributed by atoms with E-state index in [1.165, 1.54) is 33.1 Å². The zero-order chi connectivity index (χ0) is 25.2. The molecule has 0 amide bonds. The van der Waals surface area contributed by atoms with Crippen LogP contribution in [0.25, 0.3) is 27.3 Å². The van der Waals surface area contributed by atoms with Crippen LogP contribution in [0.1, 0.15) is 11.1 Å². The Hall–Kier alpha value is -3.99. The van der Waals surface area contributed by atoms with Crippen LogP contribution in [-0.2, 0) is 20.1 Å². The van der Waals surface area contributed by atoms with Crippen LogP contribution in [0.3, 0.4) is 0 Å². The van der Waals surface area contributed by atoms with Gasteiger partial charge in [-0.2, -0.15) is 6.20 Å². The van der Waals surface area contributed by atoms with Crippen LogP contribution in [-0.4, -0.2) is 21.1 Å². The molecule has 7 rings (SSSR count). The molecule has 187 valence electrons. The van der Waals surface area contributed by atoms with E-state index < -0.39 is 0 Å². The SMILES string of the molecule is Cc1cccc(C)c1N1C=[C-]B(c2ccccn2)C=C1.[Ir].[c-]1cccc2c1c1nccn1c1ccccc21. The Kier molecular flexibility index (Phi) is 7.55. The number of fused-ring (bicyclic) bond motifs is 6. The average Bonchev–Trinajstić information content (AvgIpc) is 3.45. The van der Waals surface area contributed by atoms with Crippen LogP contribution in [0.15, 0.2) is 116 Å². The van der Waals surface area contributed by atoms with E-state index in [-0.39, 0.29) is 26.8 Å². The number of benzene rings is 3. The summed E-state index contributed by atoms with van der Waals surface area (Å²) >= 11 is 0. The second kappa shape index (κ2) is 11.2. The van der Waals surface area contributed by atoms with E-state index in [2.05, 4.69) is 106 Å². The van der Waals surface area contributed by atoms with Crippen LogP contribution < -0.4 is 10.5 Å². The van der Waals surface area contributed by atoms with E-state index in [1.807, 2.05) is 55.1 Å². The third-order valence-corrected chi connectivity index (χ3v) is 6.71. The van der Waals surface area contributed by atoms with E-state index in [1.54, 1.807) is 0 Å². The molecule has 3 aromatic carbocycles. The van der Waals surface area contributed by atoms with Gasteiger partial charge in [-0.15, -0.1) is 35.6 Å². The van der Waals surface area contributed by atoms with Gasteiger partial charge >= 0.3 is 0 Å². The fraction of sp³-hybridized carbons (Fsp3) is 0.0625. The Morgan fingerprint density at radius 3 is 2.34 bits per heavy atom. The minimum absolute atomic E-state index is 0. The molecule has 6 heteroatoms. The molecule has 0 saturated carbocycles. The van der Waals surface area contributed by atoms with Gasteiger partial charge in [-0.3, -0.25) is 9.97 Å². The Labute approximate surface area is 236 Å². The molecule has 0 N–H and O–H groups in total. The second-order valence-electron chi connectivity index (χ2n) is 9.11. The zero-order valence-electron chi connectivity index (χ0n) is 21.2. The molecule has 1 radical (unpaired) electrons. The summed E-state index contributed by atoms with van der Waals surface area (Å²) in [7, 11) is 0. The summed E-state index contributed by atoms with van der Waals surface area (Å²) in [5.41, 5.74) is 6.95. The maximum absolute atomic E-state index is 4.43. The Morgan fingerprint density at radius 2 is 1.58 bits per heavy atom. The summed E-state index contributed by atoms with van der Waals surface area (Å²) < 4.78 is 2.12. The summed E-state index contributed by atoms with van der Waals surface area (Å²) in [4.78, 5) is 10.9. The first-order valence-electron chi connectivity index (χ1n) is 12.4. The number of hydrogen-bond donors (Lipinski definition) is 0. The summed E-state index contributed by atoms with van der Waals surface area (Å²) in [6.45, 7) is 4.40. The molecule has 1 aliphatic heterocycles. The zero-order valence-corrected chi connectivity index (χ0v) is 23.6. The number of aromatic nitrogens is 3. The van der Waals surface area contributed by atoms with Gasteiger partial charge in [0.15, 0.2) is 0 Å². The average molecular weight is 669 g/mol. The molecule has 0 bridgehead atoms. The normalized spacial score (nSPS) is 12.5. The van der Waals surface area contributed by atoms with Gasteiger partial charge in [0.2, 0.25) is 0 Å². The number of pyridine rings is 2. The molecule has 1 aliphatic rings. The van der Waals surface area contributed by atoms with Crippen molar-refractivity contribution in [2.45, 2.75) is 13.8 Å². The van der Waals surface area contributed by atoms with Crippen molar-refractivity contribution >= 4 is 45.3 Å². The van der Waals surface area contributed by atoms with Gasteiger partial charge in [0.05, 0.1) is 12.4 Å². The smallest absolute Gasteiger partial charge is 0.0608 e. The molecular weight excluding hydrogens is 643 g/mol. The molecule has 3 aromatic heterocycles. The van der Waals surface area contributed by atoms with Crippen molar-refractivity contribution < 1.29 is 20.1 Å². The third-order valence-electron chi connectivity index (χ3n) is 6.71. The second-order valence-corrected chi connectivity index (χ2v) is 9.11. The van der Waals surface area contributed by atoms with Crippen LogP contribution >= 0.6 is 0 Å². The van der Waals surface area contributed by atoms with E-state index in [0.29, 0.717) is 0 Å². The maximum Gasteiger partial charge on any atom is 0.0608 e. The first kappa shape index (κ1) is 25.7. The Bertz CT molecular complexity index is 1670. The van der Waals surface area contributed by atoms with Crippen molar-refractivity contribution in [1.29, 1.82) is 0 Å². The van der Waals surface area contributed by atoms with Crippen LogP contribution in [0.5, 0.6) is 0 Å². The van der Waals surface area contributed by atoms with E-state index >= 15 is 0 Å². The van der Waals surface area contributed by atoms with Crippen molar-refractivity contribution in [2.75, 3.05) is 4.90 Å². The predicted octanol–water partition coefficient (Wildman–Crippen LogP) is 6.27. The fourth-order valence-corrected chi connectivity index (χ4v) is 4.97. The number of hydrogen-bond acceptors (Lipinski definition) is 3. The van der Waals surface area contributed by atoms with Gasteiger partial charge < -0.3 is 15.3 Å². The van der Waals surface area contributed by atoms with Crippen molar-refractivity contribution in [1.82, 2.24) is 14.4 Å². The molecular formula is C32H25BIrN4-2. The van der Waals surface area contributed by atoms with Gasteiger partial charge in [0.1, 0.15) is 0 Å². The fourth-order valence-electron chi connectivity index (χ4n) is 4.97. The number of rotatable bonds is 2. The molecule has 6 aromatic rings. The topological polar surface area (TPSA) is 33.4 Å². The molecule has 0 spiro atoms. The number of anilines is 1. The predicted molar refractivity (Wildman–Crippen MR) is 154 cm³/mol. The van der Waals surface area contributed by atoms with Crippen LogP contribution in [0.4, 0.5) is 5.69 Å². The van der Waals surface area contributed by atoms with Crippen molar-refractivity contribution in [2.24, 2.45) is 0 Å². The number of imidazole rings is 1. The van der Waals surface area contributed by atoms with E-state index in [9.17, 15) is 0 Å². The number of nitrogens with zero attached hydrogens (tertiary/aromatic N) is 4. The Morgan fingerprint density at radius 1 is 0.789 bits per heavy atom. The Balaban J connectivity index is 0.000000152. The van der Waals surface area contributed by atoms with Crippen molar-refractivity contribution in [3.05, 3.63) is 139 Å². The number of para-hydroxylation sites is 2. The summed E-state index contributed by atoms with van der Waals surface area (Å²) in [6.07, 6.45) is 9.77. The quantitative estimate of drug-likeness (QED) is 0.124. The molecule has 4 heterocycles. The molecule has 38 heavy (non-hydrogen) atoms. The minimum Gasteiger partial charge on any atom is -0.494 e. The summed E-state index contributed by atoms with van der Waals surface area (Å²) in [6, 6.07) is 30.1. The van der Waals surface area contributed by atoms with E-state index in [4.69, 9.17) is 0 Å². The minimum atomic E-state index is 0. The monoisotopic (exact) mass is 669 g/mol. The molecule has 0 atom stereocenters.